The summed E-state index contributed by atoms with van der Waals surface area (Å²) in [6, 6.07) is 18.5. The van der Waals surface area contributed by atoms with Crippen molar-refractivity contribution in [3.63, 3.8) is 0 Å². The van der Waals surface area contributed by atoms with Gasteiger partial charge in [0, 0.05) is 28.2 Å². The molecular weight excluding hydrogens is 446 g/mol. The number of para-hydroxylation sites is 1. The molecule has 1 amide bonds. The molecule has 0 atom stereocenters. The maximum Gasteiger partial charge on any atom is 0.256 e. The van der Waals surface area contributed by atoms with Crippen LogP contribution in [0.5, 0.6) is 11.5 Å². The summed E-state index contributed by atoms with van der Waals surface area (Å²) in [7, 11) is 0. The van der Waals surface area contributed by atoms with Crippen LogP contribution in [-0.2, 0) is 0 Å². The first-order valence-corrected chi connectivity index (χ1v) is 10.2. The quantitative estimate of drug-likeness (QED) is 0.460. The van der Waals surface area contributed by atoms with Crippen LogP contribution in [0, 0.1) is 0 Å². The molecule has 3 heterocycles. The van der Waals surface area contributed by atoms with E-state index in [1.807, 2.05) is 42.5 Å². The highest BCUT2D eigenvalue weighted by atomic mass is 79.9. The molecule has 0 bridgehead atoms. The van der Waals surface area contributed by atoms with Gasteiger partial charge >= 0.3 is 0 Å². The second kappa shape index (κ2) is 7.76. The van der Waals surface area contributed by atoms with Gasteiger partial charge < -0.3 is 14.8 Å². The van der Waals surface area contributed by atoms with Gasteiger partial charge in [-0.1, -0.05) is 24.3 Å². The molecule has 1 aliphatic heterocycles. The number of amides is 1. The number of carbonyl (C=O) groups excluding carboxylic acids is 1. The number of pyridine rings is 2. The number of nitrogens with zero attached hydrogens (tertiary/aromatic N) is 2. The predicted octanol–water partition coefficient (Wildman–Crippen LogP) is 5.08. The molecule has 6 nitrogen and oxygen atoms in total. The van der Waals surface area contributed by atoms with Crippen molar-refractivity contribution >= 4 is 38.4 Å². The first-order chi connectivity index (χ1) is 14.7. The van der Waals surface area contributed by atoms with E-state index in [-0.39, 0.29) is 5.91 Å². The summed E-state index contributed by atoms with van der Waals surface area (Å²) in [5, 5.41) is 3.74. The summed E-state index contributed by atoms with van der Waals surface area (Å²) >= 11 is 3.50. The zero-order chi connectivity index (χ0) is 20.5. The van der Waals surface area contributed by atoms with Crippen molar-refractivity contribution in [2.45, 2.75) is 0 Å². The number of rotatable bonds is 3. The Balaban J connectivity index is 1.56. The minimum Gasteiger partial charge on any atom is -0.486 e. The largest absolute Gasteiger partial charge is 0.486 e. The van der Waals surface area contributed by atoms with Crippen LogP contribution in [-0.4, -0.2) is 29.1 Å². The number of benzene rings is 2. The van der Waals surface area contributed by atoms with Crippen LogP contribution < -0.4 is 14.8 Å². The van der Waals surface area contributed by atoms with Gasteiger partial charge in [-0.15, -0.1) is 0 Å². The number of nitrogens with one attached hydrogen (secondary N) is 1. The SMILES string of the molecule is O=C(Nc1cc2c(cc1Br)OCCO2)c1cc(-c2ccccn2)nc2ccccc12. The van der Waals surface area contributed by atoms with Crippen molar-refractivity contribution in [3.05, 3.63) is 76.9 Å². The molecule has 5 rings (SSSR count). The first-order valence-electron chi connectivity index (χ1n) is 9.41. The number of anilines is 1. The lowest BCUT2D eigenvalue weighted by Crippen LogP contribution is -2.17. The zero-order valence-electron chi connectivity index (χ0n) is 15.8. The normalized spacial score (nSPS) is 12.6. The van der Waals surface area contributed by atoms with Crippen LogP contribution in [0.25, 0.3) is 22.3 Å². The monoisotopic (exact) mass is 461 g/mol. The Hall–Kier alpha value is -3.45. The fraction of sp³-hybridized carbons (Fsp3) is 0.0870. The molecular formula is C23H16BrN3O3. The smallest absolute Gasteiger partial charge is 0.256 e. The molecule has 7 heteroatoms. The van der Waals surface area contributed by atoms with Crippen molar-refractivity contribution in [3.8, 4) is 22.9 Å². The Labute approximate surface area is 181 Å². The highest BCUT2D eigenvalue weighted by molar-refractivity contribution is 9.10. The molecule has 30 heavy (non-hydrogen) atoms. The minimum absolute atomic E-state index is 0.247. The van der Waals surface area contributed by atoms with Crippen LogP contribution in [0.15, 0.2) is 71.3 Å². The molecule has 0 saturated heterocycles. The molecule has 1 N–H and O–H groups in total. The van der Waals surface area contributed by atoms with Gasteiger partial charge in [0.1, 0.15) is 13.2 Å². The molecule has 0 saturated carbocycles. The van der Waals surface area contributed by atoms with E-state index < -0.39 is 0 Å². The molecule has 0 aliphatic carbocycles. The third-order valence-electron chi connectivity index (χ3n) is 4.77. The first kappa shape index (κ1) is 18.6. The van der Waals surface area contributed by atoms with E-state index in [2.05, 4.69) is 31.2 Å². The summed E-state index contributed by atoms with van der Waals surface area (Å²) in [5.41, 5.74) is 3.19. The number of carbonyl (C=O) groups is 1. The molecule has 4 aromatic rings. The second-order valence-electron chi connectivity index (χ2n) is 6.72. The van der Waals surface area contributed by atoms with E-state index in [4.69, 9.17) is 9.47 Å². The van der Waals surface area contributed by atoms with Crippen molar-refractivity contribution in [2.24, 2.45) is 0 Å². The van der Waals surface area contributed by atoms with Crippen LogP contribution in [0.3, 0.4) is 0 Å². The molecule has 2 aromatic heterocycles. The highest BCUT2D eigenvalue weighted by Crippen LogP contribution is 2.38. The molecule has 0 fully saturated rings. The van der Waals surface area contributed by atoms with E-state index in [0.717, 1.165) is 10.9 Å². The van der Waals surface area contributed by atoms with Gasteiger partial charge in [0.05, 0.1) is 28.2 Å². The number of hydrogen-bond acceptors (Lipinski definition) is 5. The van der Waals surface area contributed by atoms with E-state index in [9.17, 15) is 4.79 Å². The summed E-state index contributed by atoms with van der Waals surface area (Å²) in [6.45, 7) is 0.981. The molecule has 0 unspecified atom stereocenters. The highest BCUT2D eigenvalue weighted by Gasteiger charge is 2.19. The van der Waals surface area contributed by atoms with Crippen LogP contribution in [0.4, 0.5) is 5.69 Å². The van der Waals surface area contributed by atoms with Gasteiger partial charge in [-0.05, 0) is 40.2 Å². The average molecular weight is 462 g/mol. The molecule has 2 aromatic carbocycles. The van der Waals surface area contributed by atoms with Gasteiger partial charge in [0.15, 0.2) is 11.5 Å². The summed E-state index contributed by atoms with van der Waals surface area (Å²) in [6.07, 6.45) is 1.71. The lowest BCUT2D eigenvalue weighted by Gasteiger charge is -2.20. The van der Waals surface area contributed by atoms with Gasteiger partial charge in [0.2, 0.25) is 0 Å². The number of aromatic nitrogens is 2. The molecule has 0 radical (unpaired) electrons. The summed E-state index contributed by atoms with van der Waals surface area (Å²) in [5.74, 6) is 1.01. The Morgan fingerprint density at radius 2 is 1.70 bits per heavy atom. The Kier molecular flexibility index (Phi) is 4.80. The van der Waals surface area contributed by atoms with Gasteiger partial charge in [-0.3, -0.25) is 9.78 Å². The topological polar surface area (TPSA) is 73.3 Å². The van der Waals surface area contributed by atoms with Crippen LogP contribution in [0.1, 0.15) is 10.4 Å². The van der Waals surface area contributed by atoms with E-state index in [0.29, 0.717) is 51.8 Å². The van der Waals surface area contributed by atoms with Crippen molar-refractivity contribution in [1.82, 2.24) is 9.97 Å². The number of halogens is 1. The third-order valence-corrected chi connectivity index (χ3v) is 5.42. The Morgan fingerprint density at radius 3 is 2.50 bits per heavy atom. The lowest BCUT2D eigenvalue weighted by atomic mass is 10.1. The molecule has 0 spiro atoms. The average Bonchev–Trinajstić information content (AvgIpc) is 2.79. The minimum atomic E-state index is -0.247. The molecule has 148 valence electrons. The third kappa shape index (κ3) is 3.48. The number of hydrogen-bond donors (Lipinski definition) is 1. The number of ether oxygens (including phenoxy) is 2. The number of fused-ring (bicyclic) bond motifs is 2. The van der Waals surface area contributed by atoms with Crippen molar-refractivity contribution < 1.29 is 14.3 Å². The van der Waals surface area contributed by atoms with Crippen LogP contribution >= 0.6 is 15.9 Å². The lowest BCUT2D eigenvalue weighted by molar-refractivity contribution is 0.102. The van der Waals surface area contributed by atoms with Gasteiger partial charge in [0.25, 0.3) is 5.91 Å². The fourth-order valence-corrected chi connectivity index (χ4v) is 3.78. The van der Waals surface area contributed by atoms with E-state index in [1.54, 1.807) is 24.4 Å². The maximum atomic E-state index is 13.3. The fourth-order valence-electron chi connectivity index (χ4n) is 3.36. The van der Waals surface area contributed by atoms with Crippen molar-refractivity contribution in [2.75, 3.05) is 18.5 Å². The predicted molar refractivity (Wildman–Crippen MR) is 118 cm³/mol. The van der Waals surface area contributed by atoms with E-state index >= 15 is 0 Å². The standard InChI is InChI=1S/C23H16BrN3O3/c24-16-12-21-22(30-10-9-29-21)13-19(16)27-23(28)15-11-20(18-7-3-4-8-25-18)26-17-6-2-1-5-14(15)17/h1-8,11-13H,9-10H2,(H,27,28). The Morgan fingerprint density at radius 1 is 0.933 bits per heavy atom. The van der Waals surface area contributed by atoms with Crippen LogP contribution in [0.2, 0.25) is 0 Å². The summed E-state index contributed by atoms with van der Waals surface area (Å²) in [4.78, 5) is 22.3. The van der Waals surface area contributed by atoms with Gasteiger partial charge in [-0.25, -0.2) is 4.98 Å². The Bertz CT molecular complexity index is 1260. The van der Waals surface area contributed by atoms with E-state index in [1.165, 1.54) is 0 Å². The molecule has 1 aliphatic rings. The maximum absolute atomic E-state index is 13.3. The van der Waals surface area contributed by atoms with Gasteiger partial charge in [-0.2, -0.15) is 0 Å². The van der Waals surface area contributed by atoms with Crippen molar-refractivity contribution in [1.29, 1.82) is 0 Å². The second-order valence-corrected chi connectivity index (χ2v) is 7.57. The zero-order valence-corrected chi connectivity index (χ0v) is 17.3. The summed E-state index contributed by atoms with van der Waals surface area (Å²) < 4.78 is 11.9.